The second-order valence-corrected chi connectivity index (χ2v) is 8.99. The molecule has 0 saturated carbocycles. The monoisotopic (exact) mass is 454 g/mol. The summed E-state index contributed by atoms with van der Waals surface area (Å²) in [5.74, 6) is -1.80. The van der Waals surface area contributed by atoms with Gasteiger partial charge in [-0.2, -0.15) is 0 Å². The smallest absolute Gasteiger partial charge is 0.305 e. The summed E-state index contributed by atoms with van der Waals surface area (Å²) in [6.45, 7) is 4.11. The molecule has 0 aromatic heterocycles. The highest BCUT2D eigenvalue weighted by molar-refractivity contribution is 5.90. The Morgan fingerprint density at radius 2 is 1.55 bits per heavy atom. The summed E-state index contributed by atoms with van der Waals surface area (Å²) in [4.78, 5) is 10.8. The number of rotatable bonds is 8. The molecule has 4 nitrogen and oxygen atoms in total. The third kappa shape index (κ3) is 6.46. The normalized spacial score (nSPS) is 17.7. The number of hydrogen-bond donors (Lipinski definition) is 3. The van der Waals surface area contributed by atoms with Gasteiger partial charge in [0.1, 0.15) is 11.6 Å². The van der Waals surface area contributed by atoms with E-state index in [1.807, 2.05) is 6.08 Å². The SMILES string of the molecule is CC1(C)CC(c2ccc(F)cc2)=CC(c2ccc(F)cc2)=C1C=CC(O)CC(O)CC(=O)O. The Morgan fingerprint density at radius 3 is 2.09 bits per heavy atom. The Kier molecular flexibility index (Phi) is 7.61. The first-order chi connectivity index (χ1) is 15.5. The van der Waals surface area contributed by atoms with Gasteiger partial charge in [0, 0.05) is 6.42 Å². The summed E-state index contributed by atoms with van der Waals surface area (Å²) in [6.07, 6.45) is 3.26. The molecule has 1 aliphatic carbocycles. The summed E-state index contributed by atoms with van der Waals surface area (Å²) in [6, 6.07) is 12.4. The summed E-state index contributed by atoms with van der Waals surface area (Å²) in [5.41, 5.74) is 4.08. The van der Waals surface area contributed by atoms with E-state index in [1.54, 1.807) is 36.4 Å². The standard InChI is InChI=1S/C27H28F2O4/c1-27(2)16-19(17-3-7-20(28)8-4-17)13-24(18-5-9-21(29)10-6-18)25(27)12-11-22(30)14-23(31)15-26(32)33/h3-13,22-23,30-31H,14-16H2,1-2H3,(H,32,33). The van der Waals surface area contributed by atoms with E-state index in [0.717, 1.165) is 27.8 Å². The fourth-order valence-electron chi connectivity index (χ4n) is 4.12. The Balaban J connectivity index is 2.02. The van der Waals surface area contributed by atoms with Crippen molar-refractivity contribution in [2.45, 2.75) is 45.3 Å². The molecular formula is C27H28F2O4. The molecular weight excluding hydrogens is 426 g/mol. The molecule has 0 saturated heterocycles. The fraction of sp³-hybridized carbons (Fsp3) is 0.296. The van der Waals surface area contributed by atoms with Crippen LogP contribution in [0, 0.1) is 17.0 Å². The number of aliphatic hydroxyl groups excluding tert-OH is 2. The summed E-state index contributed by atoms with van der Waals surface area (Å²) in [5, 5.41) is 28.9. The largest absolute Gasteiger partial charge is 0.481 e. The number of halogens is 2. The van der Waals surface area contributed by atoms with Gasteiger partial charge >= 0.3 is 5.97 Å². The van der Waals surface area contributed by atoms with Crippen LogP contribution in [-0.4, -0.2) is 33.5 Å². The zero-order valence-electron chi connectivity index (χ0n) is 18.6. The third-order valence-corrected chi connectivity index (χ3v) is 5.75. The molecule has 0 spiro atoms. The lowest BCUT2D eigenvalue weighted by Crippen LogP contribution is -2.21. The molecule has 0 aliphatic heterocycles. The highest BCUT2D eigenvalue weighted by Crippen LogP contribution is 2.46. The van der Waals surface area contributed by atoms with Gasteiger partial charge in [0.05, 0.1) is 18.6 Å². The van der Waals surface area contributed by atoms with Crippen LogP contribution in [0.1, 0.15) is 44.2 Å². The lowest BCUT2D eigenvalue weighted by atomic mass is 9.70. The average molecular weight is 455 g/mol. The van der Waals surface area contributed by atoms with Crippen LogP contribution in [0.15, 0.2) is 72.3 Å². The highest BCUT2D eigenvalue weighted by Gasteiger charge is 2.30. The van der Waals surface area contributed by atoms with Crippen LogP contribution < -0.4 is 0 Å². The quantitative estimate of drug-likeness (QED) is 0.501. The van der Waals surface area contributed by atoms with Crippen LogP contribution in [0.25, 0.3) is 11.1 Å². The van der Waals surface area contributed by atoms with Crippen molar-refractivity contribution in [3.8, 4) is 0 Å². The lowest BCUT2D eigenvalue weighted by Gasteiger charge is -2.34. The van der Waals surface area contributed by atoms with E-state index in [2.05, 4.69) is 13.8 Å². The van der Waals surface area contributed by atoms with Gasteiger partial charge in [0.25, 0.3) is 0 Å². The van der Waals surface area contributed by atoms with E-state index in [-0.39, 0.29) is 23.5 Å². The van der Waals surface area contributed by atoms with Crippen molar-refractivity contribution in [1.29, 1.82) is 0 Å². The number of hydrogen-bond acceptors (Lipinski definition) is 3. The molecule has 0 amide bonds. The number of benzene rings is 2. The minimum absolute atomic E-state index is 0.0982. The van der Waals surface area contributed by atoms with E-state index in [9.17, 15) is 23.8 Å². The number of allylic oxidation sites excluding steroid dienone is 5. The lowest BCUT2D eigenvalue weighted by molar-refractivity contribution is -0.139. The fourth-order valence-corrected chi connectivity index (χ4v) is 4.12. The van der Waals surface area contributed by atoms with E-state index in [1.165, 1.54) is 24.3 Å². The van der Waals surface area contributed by atoms with Crippen LogP contribution >= 0.6 is 0 Å². The summed E-state index contributed by atoms with van der Waals surface area (Å²) < 4.78 is 27.0. The van der Waals surface area contributed by atoms with Gasteiger partial charge in [0.2, 0.25) is 0 Å². The molecule has 174 valence electrons. The molecule has 1 aliphatic rings. The van der Waals surface area contributed by atoms with Crippen molar-refractivity contribution < 1.29 is 28.9 Å². The van der Waals surface area contributed by atoms with Gasteiger partial charge in [0.15, 0.2) is 0 Å². The molecule has 6 heteroatoms. The molecule has 0 radical (unpaired) electrons. The van der Waals surface area contributed by atoms with Gasteiger partial charge < -0.3 is 15.3 Å². The first-order valence-electron chi connectivity index (χ1n) is 10.8. The van der Waals surface area contributed by atoms with Gasteiger partial charge in [-0.25, -0.2) is 8.78 Å². The maximum absolute atomic E-state index is 13.6. The summed E-state index contributed by atoms with van der Waals surface area (Å²) >= 11 is 0. The van der Waals surface area contributed by atoms with Crippen molar-refractivity contribution in [1.82, 2.24) is 0 Å². The highest BCUT2D eigenvalue weighted by atomic mass is 19.1. The predicted molar refractivity (Wildman–Crippen MR) is 124 cm³/mol. The Labute approximate surface area is 192 Å². The van der Waals surface area contributed by atoms with E-state index in [4.69, 9.17) is 5.11 Å². The molecule has 2 aromatic carbocycles. The Morgan fingerprint density at radius 1 is 1.00 bits per heavy atom. The first kappa shape index (κ1) is 24.6. The molecule has 3 N–H and O–H groups in total. The molecule has 0 bridgehead atoms. The minimum Gasteiger partial charge on any atom is -0.481 e. The number of carboxylic acids is 1. The van der Waals surface area contributed by atoms with Crippen molar-refractivity contribution >= 4 is 17.1 Å². The van der Waals surface area contributed by atoms with Crippen molar-refractivity contribution in [2.75, 3.05) is 0 Å². The molecule has 3 rings (SSSR count). The van der Waals surface area contributed by atoms with Crippen LogP contribution in [0.2, 0.25) is 0 Å². The van der Waals surface area contributed by atoms with Crippen LogP contribution in [-0.2, 0) is 4.79 Å². The molecule has 2 atom stereocenters. The van der Waals surface area contributed by atoms with E-state index < -0.39 is 24.6 Å². The van der Waals surface area contributed by atoms with Gasteiger partial charge in [-0.3, -0.25) is 4.79 Å². The van der Waals surface area contributed by atoms with E-state index in [0.29, 0.717) is 6.42 Å². The molecule has 0 heterocycles. The van der Waals surface area contributed by atoms with E-state index >= 15 is 0 Å². The molecule has 0 fully saturated rings. The molecule has 33 heavy (non-hydrogen) atoms. The average Bonchev–Trinajstić information content (AvgIpc) is 2.72. The Hall–Kier alpha value is -3.09. The predicted octanol–water partition coefficient (Wildman–Crippen LogP) is 5.37. The second kappa shape index (κ2) is 10.2. The van der Waals surface area contributed by atoms with Gasteiger partial charge in [-0.1, -0.05) is 56.3 Å². The van der Waals surface area contributed by atoms with Crippen LogP contribution in [0.4, 0.5) is 8.78 Å². The Bertz CT molecular complexity index is 1080. The van der Waals surface area contributed by atoms with Crippen molar-refractivity contribution in [2.24, 2.45) is 5.41 Å². The number of aliphatic hydroxyl groups is 2. The second-order valence-electron chi connectivity index (χ2n) is 8.99. The van der Waals surface area contributed by atoms with Crippen LogP contribution in [0.3, 0.4) is 0 Å². The number of aliphatic carboxylic acids is 1. The zero-order chi connectivity index (χ0) is 24.2. The molecule has 2 aromatic rings. The minimum atomic E-state index is -1.16. The topological polar surface area (TPSA) is 77.8 Å². The third-order valence-electron chi connectivity index (χ3n) is 5.75. The maximum Gasteiger partial charge on any atom is 0.305 e. The maximum atomic E-state index is 13.6. The van der Waals surface area contributed by atoms with Gasteiger partial charge in [-0.15, -0.1) is 0 Å². The van der Waals surface area contributed by atoms with Crippen molar-refractivity contribution in [3.63, 3.8) is 0 Å². The van der Waals surface area contributed by atoms with Crippen molar-refractivity contribution in [3.05, 3.63) is 95.1 Å². The number of carbonyl (C=O) groups is 1. The summed E-state index contributed by atoms with van der Waals surface area (Å²) in [7, 11) is 0. The molecule has 2 unspecified atom stereocenters. The van der Waals surface area contributed by atoms with Gasteiger partial charge in [-0.05, 0) is 63.9 Å². The zero-order valence-corrected chi connectivity index (χ0v) is 18.6. The number of carboxylic acid groups (broad SMARTS) is 1. The first-order valence-corrected chi connectivity index (χ1v) is 10.8. The van der Waals surface area contributed by atoms with Crippen LogP contribution in [0.5, 0.6) is 0 Å².